The summed E-state index contributed by atoms with van der Waals surface area (Å²) in [5.41, 5.74) is 2.54. The van der Waals surface area contributed by atoms with Crippen LogP contribution in [0.25, 0.3) is 10.2 Å². The molecule has 0 N–H and O–H groups in total. The van der Waals surface area contributed by atoms with Gasteiger partial charge in [-0.05, 0) is 48.9 Å². The largest absolute Gasteiger partial charge is 0.287 e. The fourth-order valence-electron chi connectivity index (χ4n) is 3.36. The second-order valence-electron chi connectivity index (χ2n) is 6.31. The van der Waals surface area contributed by atoms with Crippen LogP contribution in [0.3, 0.4) is 0 Å². The molecule has 6 heteroatoms. The lowest BCUT2D eigenvalue weighted by Crippen LogP contribution is -2.23. The first kappa shape index (κ1) is 17.1. The van der Waals surface area contributed by atoms with Crippen LogP contribution >= 0.6 is 34.7 Å². The average molecular weight is 391 g/mol. The van der Waals surface area contributed by atoms with E-state index in [1.807, 2.05) is 22.8 Å². The quantitative estimate of drug-likeness (QED) is 0.437. The summed E-state index contributed by atoms with van der Waals surface area (Å²) in [6, 6.07) is 7.85. The van der Waals surface area contributed by atoms with E-state index in [4.69, 9.17) is 16.6 Å². The fraction of sp³-hybridized carbons (Fsp3) is 0.368. The Kier molecular flexibility index (Phi) is 4.89. The van der Waals surface area contributed by atoms with Crippen molar-refractivity contribution >= 4 is 44.9 Å². The van der Waals surface area contributed by atoms with Crippen molar-refractivity contribution in [1.82, 2.24) is 9.55 Å². The fourth-order valence-corrected chi connectivity index (χ4v) is 5.85. The minimum absolute atomic E-state index is 0.139. The first-order chi connectivity index (χ1) is 12.2. The van der Waals surface area contributed by atoms with E-state index in [1.54, 1.807) is 23.1 Å². The summed E-state index contributed by atoms with van der Waals surface area (Å²) in [5, 5.41) is 2.43. The zero-order valence-corrected chi connectivity index (χ0v) is 16.4. The maximum Gasteiger partial charge on any atom is 0.263 e. The van der Waals surface area contributed by atoms with Crippen molar-refractivity contribution in [3.05, 3.63) is 55.6 Å². The zero-order valence-electron chi connectivity index (χ0n) is 14.0. The summed E-state index contributed by atoms with van der Waals surface area (Å²) in [5.74, 6) is 0.757. The molecule has 3 nitrogen and oxygen atoms in total. The number of fused-ring (bicyclic) bond motifs is 3. The Labute approximate surface area is 160 Å². The van der Waals surface area contributed by atoms with Crippen LogP contribution in [0, 0.1) is 0 Å². The highest BCUT2D eigenvalue weighted by Gasteiger charge is 2.23. The summed E-state index contributed by atoms with van der Waals surface area (Å²) in [6.07, 6.45) is 4.20. The molecule has 4 rings (SSSR count). The minimum Gasteiger partial charge on any atom is -0.287 e. The number of aryl methyl sites for hydroxylation is 2. The first-order valence-corrected chi connectivity index (χ1v) is 10.8. The third kappa shape index (κ3) is 3.25. The highest BCUT2D eigenvalue weighted by Crippen LogP contribution is 2.36. The van der Waals surface area contributed by atoms with Crippen molar-refractivity contribution in [2.45, 2.75) is 50.1 Å². The van der Waals surface area contributed by atoms with Gasteiger partial charge in [0.05, 0.1) is 5.39 Å². The van der Waals surface area contributed by atoms with Crippen LogP contribution in [0.15, 0.2) is 34.2 Å². The molecule has 0 fully saturated rings. The monoisotopic (exact) mass is 390 g/mol. The molecule has 0 spiro atoms. The van der Waals surface area contributed by atoms with Gasteiger partial charge in [-0.15, -0.1) is 11.3 Å². The summed E-state index contributed by atoms with van der Waals surface area (Å²) in [4.78, 5) is 20.3. The lowest BCUT2D eigenvalue weighted by atomic mass is 10.2. The van der Waals surface area contributed by atoms with Crippen LogP contribution in [-0.4, -0.2) is 9.55 Å². The van der Waals surface area contributed by atoms with Crippen LogP contribution in [0.1, 0.15) is 35.8 Å². The van der Waals surface area contributed by atoms with Gasteiger partial charge in [-0.1, -0.05) is 42.4 Å². The number of hydrogen-bond acceptors (Lipinski definition) is 4. The predicted octanol–water partition coefficient (Wildman–Crippen LogP) is 5.30. The summed E-state index contributed by atoms with van der Waals surface area (Å²) < 4.78 is 1.86. The Balaban J connectivity index is 1.74. The topological polar surface area (TPSA) is 34.9 Å². The number of nitrogens with zero attached hydrogens (tertiary/aromatic N) is 2. The van der Waals surface area contributed by atoms with Crippen molar-refractivity contribution in [3.8, 4) is 0 Å². The number of halogens is 1. The van der Waals surface area contributed by atoms with E-state index in [0.717, 1.165) is 57.4 Å². The molecule has 1 aliphatic carbocycles. The van der Waals surface area contributed by atoms with Crippen molar-refractivity contribution < 1.29 is 0 Å². The Morgan fingerprint density at radius 2 is 2.24 bits per heavy atom. The van der Waals surface area contributed by atoms with Crippen LogP contribution < -0.4 is 5.56 Å². The SMILES string of the molecule is CCCn1c(SCc2cccc(Cl)c2)nc2sc3c(c2c1=O)CCC3. The molecule has 0 amide bonds. The van der Waals surface area contributed by atoms with Crippen LogP contribution in [0.4, 0.5) is 0 Å². The van der Waals surface area contributed by atoms with Crippen molar-refractivity contribution in [1.29, 1.82) is 0 Å². The number of thioether (sulfide) groups is 1. The van der Waals surface area contributed by atoms with Gasteiger partial charge in [-0.3, -0.25) is 9.36 Å². The van der Waals surface area contributed by atoms with E-state index >= 15 is 0 Å². The Morgan fingerprint density at radius 1 is 1.36 bits per heavy atom. The summed E-state index contributed by atoms with van der Waals surface area (Å²) in [6.45, 7) is 2.81. The molecule has 2 aromatic heterocycles. The maximum absolute atomic E-state index is 13.1. The molecule has 0 aliphatic heterocycles. The Morgan fingerprint density at radius 3 is 3.04 bits per heavy atom. The third-order valence-electron chi connectivity index (χ3n) is 4.49. The van der Waals surface area contributed by atoms with Crippen molar-refractivity contribution in [3.63, 3.8) is 0 Å². The van der Waals surface area contributed by atoms with Gasteiger partial charge in [0.1, 0.15) is 4.83 Å². The van der Waals surface area contributed by atoms with E-state index in [1.165, 1.54) is 10.4 Å². The van der Waals surface area contributed by atoms with Gasteiger partial charge in [0.25, 0.3) is 5.56 Å². The molecule has 0 saturated carbocycles. The van der Waals surface area contributed by atoms with E-state index in [-0.39, 0.29) is 5.56 Å². The molecule has 0 saturated heterocycles. The number of benzene rings is 1. The first-order valence-electron chi connectivity index (χ1n) is 8.59. The van der Waals surface area contributed by atoms with Crippen LogP contribution in [-0.2, 0) is 25.1 Å². The second-order valence-corrected chi connectivity index (χ2v) is 8.77. The van der Waals surface area contributed by atoms with Crippen LogP contribution in [0.5, 0.6) is 0 Å². The van der Waals surface area contributed by atoms with Gasteiger partial charge in [0.2, 0.25) is 0 Å². The predicted molar refractivity (Wildman–Crippen MR) is 107 cm³/mol. The molecule has 0 bridgehead atoms. The maximum atomic E-state index is 13.1. The average Bonchev–Trinajstić information content (AvgIpc) is 3.16. The molecule has 130 valence electrons. The Bertz CT molecular complexity index is 993. The van der Waals surface area contributed by atoms with E-state index < -0.39 is 0 Å². The van der Waals surface area contributed by atoms with Crippen LogP contribution in [0.2, 0.25) is 5.02 Å². The zero-order chi connectivity index (χ0) is 17.4. The van der Waals surface area contributed by atoms with Crippen molar-refractivity contribution in [2.75, 3.05) is 0 Å². The molecule has 1 aliphatic rings. The molecule has 0 unspecified atom stereocenters. The number of thiophene rings is 1. The van der Waals surface area contributed by atoms with E-state index in [9.17, 15) is 4.79 Å². The second kappa shape index (κ2) is 7.14. The molecule has 1 aromatic carbocycles. The smallest absolute Gasteiger partial charge is 0.263 e. The highest BCUT2D eigenvalue weighted by molar-refractivity contribution is 7.98. The van der Waals surface area contributed by atoms with Gasteiger partial charge < -0.3 is 0 Å². The highest BCUT2D eigenvalue weighted by atomic mass is 35.5. The van der Waals surface area contributed by atoms with Gasteiger partial charge in [-0.2, -0.15) is 0 Å². The molecule has 25 heavy (non-hydrogen) atoms. The molecular formula is C19H19ClN2OS2. The molecule has 0 atom stereocenters. The summed E-state index contributed by atoms with van der Waals surface area (Å²) in [7, 11) is 0. The number of rotatable bonds is 5. The normalized spacial score (nSPS) is 13.5. The summed E-state index contributed by atoms with van der Waals surface area (Å²) >= 11 is 9.40. The van der Waals surface area contributed by atoms with Gasteiger partial charge >= 0.3 is 0 Å². The van der Waals surface area contributed by atoms with E-state index in [2.05, 4.69) is 13.0 Å². The Hall–Kier alpha value is -1.30. The molecule has 0 radical (unpaired) electrons. The third-order valence-corrected chi connectivity index (χ3v) is 6.96. The lowest BCUT2D eigenvalue weighted by molar-refractivity contribution is 0.585. The van der Waals surface area contributed by atoms with Gasteiger partial charge in [0, 0.05) is 22.2 Å². The molecule has 3 aromatic rings. The van der Waals surface area contributed by atoms with Crippen molar-refractivity contribution in [2.24, 2.45) is 0 Å². The van der Waals surface area contributed by atoms with E-state index in [0.29, 0.717) is 6.54 Å². The number of hydrogen-bond donors (Lipinski definition) is 0. The van der Waals surface area contributed by atoms with Gasteiger partial charge in [0.15, 0.2) is 5.16 Å². The standard InChI is InChI=1S/C19H19ClN2OS2/c1-2-9-22-18(23)16-14-7-4-8-15(14)25-17(16)21-19(22)24-11-12-5-3-6-13(20)10-12/h3,5-6,10H,2,4,7-9,11H2,1H3. The minimum atomic E-state index is 0.139. The van der Waals surface area contributed by atoms with Gasteiger partial charge in [-0.25, -0.2) is 4.98 Å². The number of aromatic nitrogens is 2. The lowest BCUT2D eigenvalue weighted by Gasteiger charge is -2.11. The molecular weight excluding hydrogens is 372 g/mol. The molecule has 2 heterocycles.